The number of hydrogen-bond acceptors (Lipinski definition) is 2. The third kappa shape index (κ3) is 2.15. The topological polar surface area (TPSA) is 29.9 Å². The van der Waals surface area contributed by atoms with E-state index in [4.69, 9.17) is 0 Å². The van der Waals surface area contributed by atoms with Crippen LogP contribution >= 0.6 is 0 Å². The van der Waals surface area contributed by atoms with Crippen LogP contribution in [0.4, 0.5) is 0 Å². The second-order valence-electron chi connectivity index (χ2n) is 4.15. The molecule has 0 bridgehead atoms. The van der Waals surface area contributed by atoms with Crippen LogP contribution in [-0.4, -0.2) is 16.8 Å². The van der Waals surface area contributed by atoms with E-state index in [1.165, 1.54) is 37.7 Å². The molecule has 1 heterocycles. The van der Waals surface area contributed by atoms with Crippen molar-refractivity contribution in [2.45, 2.75) is 44.7 Å². The van der Waals surface area contributed by atoms with Crippen molar-refractivity contribution in [3.63, 3.8) is 0 Å². The lowest BCUT2D eigenvalue weighted by Crippen LogP contribution is -2.13. The Labute approximate surface area is 85.5 Å². The maximum atomic E-state index is 4.44. The van der Waals surface area contributed by atoms with Crippen molar-refractivity contribution in [3.8, 4) is 0 Å². The first-order valence-corrected chi connectivity index (χ1v) is 5.58. The first-order valence-electron chi connectivity index (χ1n) is 5.58. The molecule has 0 radical (unpaired) electrons. The van der Waals surface area contributed by atoms with E-state index in [-0.39, 0.29) is 0 Å². The zero-order chi connectivity index (χ0) is 9.80. The Morgan fingerprint density at radius 3 is 2.93 bits per heavy atom. The second-order valence-corrected chi connectivity index (χ2v) is 4.15. The van der Waals surface area contributed by atoms with E-state index in [0.29, 0.717) is 6.04 Å². The van der Waals surface area contributed by atoms with Crippen LogP contribution in [0.2, 0.25) is 0 Å². The molecule has 0 spiro atoms. The van der Waals surface area contributed by atoms with Gasteiger partial charge in [0, 0.05) is 18.3 Å². The lowest BCUT2D eigenvalue weighted by molar-refractivity contribution is 0.329. The Morgan fingerprint density at radius 2 is 2.21 bits per heavy atom. The zero-order valence-electron chi connectivity index (χ0n) is 8.87. The van der Waals surface area contributed by atoms with E-state index in [1.807, 2.05) is 13.2 Å². The third-order valence-corrected chi connectivity index (χ3v) is 2.98. The molecule has 1 N–H and O–H groups in total. The number of rotatable bonds is 3. The van der Waals surface area contributed by atoms with Crippen molar-refractivity contribution in [3.05, 3.63) is 18.0 Å². The molecule has 78 valence electrons. The minimum atomic E-state index is 0.661. The van der Waals surface area contributed by atoms with Gasteiger partial charge < -0.3 is 5.32 Å². The summed E-state index contributed by atoms with van der Waals surface area (Å²) < 4.78 is 2.16. The van der Waals surface area contributed by atoms with E-state index >= 15 is 0 Å². The molecule has 0 aromatic carbocycles. The minimum Gasteiger partial charge on any atom is -0.316 e. The molecular weight excluding hydrogens is 174 g/mol. The summed E-state index contributed by atoms with van der Waals surface area (Å²) in [5, 5.41) is 7.58. The lowest BCUT2D eigenvalue weighted by atomic mass is 9.96. The summed E-state index contributed by atoms with van der Waals surface area (Å²) in [6, 6.07) is 0.661. The summed E-state index contributed by atoms with van der Waals surface area (Å²) in [6.45, 7) is 0.923. The van der Waals surface area contributed by atoms with Gasteiger partial charge >= 0.3 is 0 Å². The van der Waals surface area contributed by atoms with Crippen molar-refractivity contribution in [2.24, 2.45) is 0 Å². The summed E-state index contributed by atoms with van der Waals surface area (Å²) in [6.07, 6.45) is 10.9. The van der Waals surface area contributed by atoms with Crippen LogP contribution in [0.3, 0.4) is 0 Å². The lowest BCUT2D eigenvalue weighted by Gasteiger charge is -2.21. The molecule has 1 aromatic rings. The molecule has 3 nitrogen and oxygen atoms in total. The highest BCUT2D eigenvalue weighted by atomic mass is 15.3. The molecule has 0 saturated heterocycles. The Hall–Kier alpha value is -0.830. The second kappa shape index (κ2) is 4.60. The van der Waals surface area contributed by atoms with Crippen molar-refractivity contribution >= 4 is 0 Å². The first kappa shape index (κ1) is 9.71. The molecule has 1 aliphatic carbocycles. The maximum Gasteiger partial charge on any atom is 0.0534 e. The van der Waals surface area contributed by atoms with Crippen LogP contribution in [0.15, 0.2) is 12.4 Å². The molecule has 14 heavy (non-hydrogen) atoms. The fraction of sp³-hybridized carbons (Fsp3) is 0.727. The van der Waals surface area contributed by atoms with Crippen molar-refractivity contribution in [1.29, 1.82) is 0 Å². The number of nitrogens with one attached hydrogen (secondary N) is 1. The maximum absolute atomic E-state index is 4.44. The SMILES string of the molecule is CNCc1cnn(C2CCCCC2)c1. The third-order valence-electron chi connectivity index (χ3n) is 2.98. The molecule has 3 heteroatoms. The molecule has 1 fully saturated rings. The monoisotopic (exact) mass is 193 g/mol. The summed E-state index contributed by atoms with van der Waals surface area (Å²) in [4.78, 5) is 0. The summed E-state index contributed by atoms with van der Waals surface area (Å²) in [7, 11) is 1.97. The number of aromatic nitrogens is 2. The Kier molecular flexibility index (Phi) is 3.19. The summed E-state index contributed by atoms with van der Waals surface area (Å²) in [5.41, 5.74) is 1.29. The molecule has 0 aliphatic heterocycles. The van der Waals surface area contributed by atoms with Gasteiger partial charge in [-0.15, -0.1) is 0 Å². The highest BCUT2D eigenvalue weighted by Gasteiger charge is 2.15. The summed E-state index contributed by atoms with van der Waals surface area (Å²) >= 11 is 0. The van der Waals surface area contributed by atoms with Gasteiger partial charge in [-0.2, -0.15) is 5.10 Å². The normalized spacial score (nSPS) is 18.6. The standard InChI is InChI=1S/C11H19N3/c1-12-7-10-8-13-14(9-10)11-5-3-2-4-6-11/h8-9,11-12H,2-7H2,1H3. The quantitative estimate of drug-likeness (QED) is 0.796. The fourth-order valence-electron chi connectivity index (χ4n) is 2.22. The van der Waals surface area contributed by atoms with E-state index in [1.54, 1.807) is 0 Å². The van der Waals surface area contributed by atoms with Crippen LogP contribution in [0.25, 0.3) is 0 Å². The van der Waals surface area contributed by atoms with Gasteiger partial charge in [-0.05, 0) is 19.9 Å². The smallest absolute Gasteiger partial charge is 0.0534 e. The van der Waals surface area contributed by atoms with Gasteiger partial charge in [-0.1, -0.05) is 19.3 Å². The average molecular weight is 193 g/mol. The van der Waals surface area contributed by atoms with E-state index < -0.39 is 0 Å². The van der Waals surface area contributed by atoms with E-state index in [2.05, 4.69) is 21.3 Å². The van der Waals surface area contributed by atoms with Gasteiger partial charge in [0.15, 0.2) is 0 Å². The van der Waals surface area contributed by atoms with Crippen LogP contribution in [-0.2, 0) is 6.54 Å². The van der Waals surface area contributed by atoms with Gasteiger partial charge in [0.25, 0.3) is 0 Å². The van der Waals surface area contributed by atoms with Crippen LogP contribution in [0.5, 0.6) is 0 Å². The fourth-order valence-corrected chi connectivity index (χ4v) is 2.22. The molecule has 2 rings (SSSR count). The molecule has 0 atom stereocenters. The molecule has 0 unspecified atom stereocenters. The molecule has 0 amide bonds. The highest BCUT2D eigenvalue weighted by molar-refractivity contribution is 5.04. The first-order chi connectivity index (χ1) is 6.90. The predicted molar refractivity (Wildman–Crippen MR) is 57.1 cm³/mol. The Balaban J connectivity index is 2.00. The number of nitrogens with zero attached hydrogens (tertiary/aromatic N) is 2. The molecule has 1 saturated carbocycles. The van der Waals surface area contributed by atoms with Gasteiger partial charge in [-0.25, -0.2) is 0 Å². The van der Waals surface area contributed by atoms with Gasteiger partial charge in [0.05, 0.1) is 12.2 Å². The van der Waals surface area contributed by atoms with Crippen LogP contribution < -0.4 is 5.32 Å². The molecule has 1 aliphatic rings. The van der Waals surface area contributed by atoms with Crippen LogP contribution in [0, 0.1) is 0 Å². The Bertz CT molecular complexity index is 274. The van der Waals surface area contributed by atoms with Crippen molar-refractivity contribution in [2.75, 3.05) is 7.05 Å². The highest BCUT2D eigenvalue weighted by Crippen LogP contribution is 2.27. The largest absolute Gasteiger partial charge is 0.316 e. The number of hydrogen-bond donors (Lipinski definition) is 1. The van der Waals surface area contributed by atoms with Gasteiger partial charge in [0.1, 0.15) is 0 Å². The average Bonchev–Trinajstić information content (AvgIpc) is 2.68. The summed E-state index contributed by atoms with van der Waals surface area (Å²) in [5.74, 6) is 0. The van der Waals surface area contributed by atoms with Gasteiger partial charge in [0.2, 0.25) is 0 Å². The molecular formula is C11H19N3. The van der Waals surface area contributed by atoms with Crippen LogP contribution in [0.1, 0.15) is 43.7 Å². The zero-order valence-corrected chi connectivity index (χ0v) is 8.87. The van der Waals surface area contributed by atoms with Crippen molar-refractivity contribution in [1.82, 2.24) is 15.1 Å². The van der Waals surface area contributed by atoms with Gasteiger partial charge in [-0.3, -0.25) is 4.68 Å². The molecule has 1 aromatic heterocycles. The Morgan fingerprint density at radius 1 is 1.43 bits per heavy atom. The predicted octanol–water partition coefficient (Wildman–Crippen LogP) is 2.11. The van der Waals surface area contributed by atoms with Crippen molar-refractivity contribution < 1.29 is 0 Å². The van der Waals surface area contributed by atoms with E-state index in [9.17, 15) is 0 Å². The van der Waals surface area contributed by atoms with E-state index in [0.717, 1.165) is 6.54 Å². The minimum absolute atomic E-state index is 0.661.